The number of nitrogens with one attached hydrogen (secondary N) is 1. The maximum Gasteiger partial charge on any atom is 0.258 e. The molecule has 1 N–H and O–H groups in total. The molecule has 2 aromatic carbocycles. The molecule has 0 spiro atoms. The first-order chi connectivity index (χ1) is 14.2. The summed E-state index contributed by atoms with van der Waals surface area (Å²) in [5.74, 6) is 1.26. The number of aryl methyl sites for hydroxylation is 1. The van der Waals surface area contributed by atoms with Crippen molar-refractivity contribution in [2.24, 2.45) is 0 Å². The van der Waals surface area contributed by atoms with Crippen LogP contribution in [0.4, 0.5) is 0 Å². The second-order valence-corrected chi connectivity index (χ2v) is 6.81. The van der Waals surface area contributed by atoms with Crippen LogP contribution in [0, 0.1) is 6.92 Å². The van der Waals surface area contributed by atoms with Crippen LogP contribution < -0.4 is 15.0 Å². The maximum atomic E-state index is 12.7. The topological polar surface area (TPSA) is 82.0 Å². The van der Waals surface area contributed by atoms with E-state index < -0.39 is 0 Å². The molecule has 0 amide bonds. The Morgan fingerprint density at radius 3 is 2.55 bits per heavy atom. The predicted molar refractivity (Wildman–Crippen MR) is 107 cm³/mol. The molecule has 0 saturated carbocycles. The molecule has 7 heteroatoms. The monoisotopic (exact) mass is 386 g/mol. The van der Waals surface area contributed by atoms with Gasteiger partial charge < -0.3 is 14.5 Å². The van der Waals surface area contributed by atoms with E-state index in [9.17, 15) is 4.79 Å². The highest BCUT2D eigenvalue weighted by Crippen LogP contribution is 2.47. The second-order valence-electron chi connectivity index (χ2n) is 6.81. The molecule has 1 aliphatic heterocycles. The lowest BCUT2D eigenvalue weighted by Gasteiger charge is -2.25. The summed E-state index contributed by atoms with van der Waals surface area (Å²) in [5, 5.41) is 4.71. The minimum Gasteiger partial charge on any atom is -0.497 e. The van der Waals surface area contributed by atoms with Crippen molar-refractivity contribution in [1.29, 1.82) is 0 Å². The van der Waals surface area contributed by atoms with Gasteiger partial charge in [0.2, 0.25) is 11.8 Å². The molecule has 2 aromatic heterocycles. The van der Waals surface area contributed by atoms with Gasteiger partial charge in [0, 0.05) is 0 Å². The Bertz CT molecular complexity index is 1240. The number of fused-ring (bicyclic) bond motifs is 2. The number of para-hydroxylation sites is 1. The Hall–Kier alpha value is -3.87. The van der Waals surface area contributed by atoms with Crippen molar-refractivity contribution < 1.29 is 9.47 Å². The minimum atomic E-state index is -0.352. The molecular formula is C22H18N4O3. The number of aromatic nitrogens is 4. The van der Waals surface area contributed by atoms with Gasteiger partial charge in [0.1, 0.15) is 5.75 Å². The third-order valence-electron chi connectivity index (χ3n) is 5.14. The highest BCUT2D eigenvalue weighted by Gasteiger charge is 2.37. The largest absolute Gasteiger partial charge is 0.497 e. The van der Waals surface area contributed by atoms with Crippen molar-refractivity contribution in [3.8, 4) is 23.2 Å². The van der Waals surface area contributed by atoms with Crippen LogP contribution in [-0.2, 0) is 0 Å². The van der Waals surface area contributed by atoms with Gasteiger partial charge in [-0.1, -0.05) is 30.3 Å². The van der Waals surface area contributed by atoms with Crippen molar-refractivity contribution in [1.82, 2.24) is 19.7 Å². The molecule has 0 bridgehead atoms. The van der Waals surface area contributed by atoms with Crippen LogP contribution >= 0.6 is 0 Å². The van der Waals surface area contributed by atoms with Crippen molar-refractivity contribution >= 4 is 0 Å². The number of H-pyrrole nitrogens is 1. The summed E-state index contributed by atoms with van der Waals surface area (Å²) in [6, 6.07) is 17.4. The molecule has 0 aliphatic carbocycles. The van der Waals surface area contributed by atoms with Crippen molar-refractivity contribution in [2.75, 3.05) is 7.11 Å². The Balaban J connectivity index is 1.77. The first kappa shape index (κ1) is 17.2. The lowest BCUT2D eigenvalue weighted by Crippen LogP contribution is -2.24. The van der Waals surface area contributed by atoms with Gasteiger partial charge in [-0.05, 0) is 36.8 Å². The van der Waals surface area contributed by atoms with Crippen LogP contribution in [0.5, 0.6) is 17.5 Å². The first-order valence-corrected chi connectivity index (χ1v) is 9.21. The molecule has 7 nitrogen and oxygen atoms in total. The smallest absolute Gasteiger partial charge is 0.258 e. The average molecular weight is 386 g/mol. The zero-order valence-electron chi connectivity index (χ0n) is 15.9. The molecule has 144 valence electrons. The summed E-state index contributed by atoms with van der Waals surface area (Å²) in [6.45, 7) is 1.92. The fourth-order valence-electron chi connectivity index (χ4n) is 3.79. The van der Waals surface area contributed by atoms with Gasteiger partial charge in [0.25, 0.3) is 5.56 Å². The van der Waals surface area contributed by atoms with E-state index in [0.717, 1.165) is 28.3 Å². The van der Waals surface area contributed by atoms with Gasteiger partial charge in [-0.15, -0.1) is 0 Å². The molecule has 29 heavy (non-hydrogen) atoms. The third-order valence-corrected chi connectivity index (χ3v) is 5.14. The highest BCUT2D eigenvalue weighted by molar-refractivity contribution is 5.57. The molecule has 1 atom stereocenters. The van der Waals surface area contributed by atoms with Gasteiger partial charge in [0.15, 0.2) is 0 Å². The van der Waals surface area contributed by atoms with E-state index in [-0.39, 0.29) is 11.5 Å². The number of nitrogens with zero attached hydrogens (tertiary/aromatic N) is 3. The van der Waals surface area contributed by atoms with Crippen LogP contribution in [0.15, 0.2) is 65.7 Å². The first-order valence-electron chi connectivity index (χ1n) is 9.21. The zero-order valence-corrected chi connectivity index (χ0v) is 15.9. The number of aromatic amines is 1. The number of hydrogen-bond acceptors (Lipinski definition) is 5. The van der Waals surface area contributed by atoms with Crippen LogP contribution in [-0.4, -0.2) is 26.9 Å². The summed E-state index contributed by atoms with van der Waals surface area (Å²) in [7, 11) is 1.62. The molecule has 0 fully saturated rings. The van der Waals surface area contributed by atoms with Crippen LogP contribution in [0.1, 0.15) is 28.3 Å². The fraction of sp³-hybridized carbons (Fsp3) is 0.136. The van der Waals surface area contributed by atoms with Crippen molar-refractivity contribution in [2.45, 2.75) is 12.8 Å². The van der Waals surface area contributed by atoms with E-state index in [4.69, 9.17) is 14.6 Å². The van der Waals surface area contributed by atoms with E-state index in [0.29, 0.717) is 17.3 Å². The normalized spacial score (nSPS) is 14.6. The number of hydrogen-bond donors (Lipinski definition) is 1. The molecule has 1 aliphatic rings. The van der Waals surface area contributed by atoms with E-state index in [1.807, 2.05) is 61.5 Å². The molecular weight excluding hydrogens is 368 g/mol. The van der Waals surface area contributed by atoms with Crippen molar-refractivity contribution in [3.63, 3.8) is 0 Å². The molecule has 0 saturated heterocycles. The number of ether oxygens (including phenoxy) is 2. The number of methoxy groups -OCH3 is 1. The quantitative estimate of drug-likeness (QED) is 0.513. The Morgan fingerprint density at radius 2 is 1.83 bits per heavy atom. The summed E-state index contributed by atoms with van der Waals surface area (Å²) < 4.78 is 13.1. The molecule has 1 unspecified atom stereocenters. The van der Waals surface area contributed by atoms with E-state index in [1.54, 1.807) is 11.8 Å². The summed E-state index contributed by atoms with van der Waals surface area (Å²) in [5.41, 5.74) is 3.70. The van der Waals surface area contributed by atoms with Gasteiger partial charge in [0.05, 0.1) is 41.9 Å². The van der Waals surface area contributed by atoms with E-state index in [2.05, 4.69) is 9.97 Å². The molecule has 3 heterocycles. The third kappa shape index (κ3) is 2.70. The highest BCUT2D eigenvalue weighted by atomic mass is 16.5. The van der Waals surface area contributed by atoms with Crippen LogP contribution in [0.25, 0.3) is 5.69 Å². The van der Waals surface area contributed by atoms with Gasteiger partial charge in [-0.2, -0.15) is 5.10 Å². The second kappa shape index (κ2) is 6.63. The minimum absolute atomic E-state index is 0.228. The number of rotatable bonds is 3. The summed E-state index contributed by atoms with van der Waals surface area (Å²) in [4.78, 5) is 19.7. The van der Waals surface area contributed by atoms with Crippen molar-refractivity contribution in [3.05, 3.63) is 93.7 Å². The Labute approximate surface area is 166 Å². The van der Waals surface area contributed by atoms with Crippen LogP contribution in [0.2, 0.25) is 0 Å². The van der Waals surface area contributed by atoms with Gasteiger partial charge >= 0.3 is 0 Å². The summed E-state index contributed by atoms with van der Waals surface area (Å²) in [6.07, 6.45) is 1.35. The van der Waals surface area contributed by atoms with E-state index in [1.165, 1.54) is 6.33 Å². The molecule has 4 aromatic rings. The molecule has 5 rings (SSSR count). The van der Waals surface area contributed by atoms with Gasteiger partial charge in [-0.3, -0.25) is 4.79 Å². The summed E-state index contributed by atoms with van der Waals surface area (Å²) >= 11 is 0. The molecule has 0 radical (unpaired) electrons. The van der Waals surface area contributed by atoms with Gasteiger partial charge in [-0.25, -0.2) is 9.67 Å². The SMILES string of the molecule is COc1ccc(C2c3c(C)nn(-c4ccccc4)c3Oc3nc[nH]c(=O)c32)cc1. The number of benzene rings is 2. The van der Waals surface area contributed by atoms with Crippen LogP contribution in [0.3, 0.4) is 0 Å². The fourth-order valence-corrected chi connectivity index (χ4v) is 3.79. The predicted octanol–water partition coefficient (Wildman–Crippen LogP) is 3.56. The Morgan fingerprint density at radius 1 is 1.07 bits per heavy atom. The standard InChI is InChI=1S/C22H18N4O3/c1-13-17-18(14-8-10-16(28-2)11-9-14)19-20(27)23-12-24-21(19)29-22(17)26(25-13)15-6-4-3-5-7-15/h3-12,18H,1-2H3,(H,23,24,27). The zero-order chi connectivity index (χ0) is 20.0. The van der Waals surface area contributed by atoms with E-state index >= 15 is 0 Å². The lowest BCUT2D eigenvalue weighted by atomic mass is 9.85. The Kier molecular flexibility index (Phi) is 3.94. The average Bonchev–Trinajstić information content (AvgIpc) is 3.09. The maximum absolute atomic E-state index is 12.7. The lowest BCUT2D eigenvalue weighted by molar-refractivity contribution is 0.400.